The molecular weight excluding hydrogens is 270 g/mol. The largest absolute Gasteiger partial charge is 0.444 e. The number of nitrogens with one attached hydrogen (secondary N) is 1. The first-order valence-electron chi connectivity index (χ1n) is 7.80. The van der Waals surface area contributed by atoms with E-state index in [0.717, 1.165) is 12.8 Å². The Hall–Kier alpha value is -0.810. The smallest absolute Gasteiger partial charge is 0.407 e. The molecule has 0 unspecified atom stereocenters. The van der Waals surface area contributed by atoms with E-state index in [2.05, 4.69) is 19.2 Å². The summed E-state index contributed by atoms with van der Waals surface area (Å²) in [5, 5.41) is 2.94. The highest BCUT2D eigenvalue weighted by Gasteiger charge is 2.38. The Morgan fingerprint density at radius 3 is 2.38 bits per heavy atom. The van der Waals surface area contributed by atoms with Gasteiger partial charge >= 0.3 is 6.09 Å². The zero-order valence-corrected chi connectivity index (χ0v) is 14.5. The van der Waals surface area contributed by atoms with Gasteiger partial charge in [-0.2, -0.15) is 0 Å². The molecule has 1 heterocycles. The second kappa shape index (κ2) is 6.97. The summed E-state index contributed by atoms with van der Waals surface area (Å²) in [6.07, 6.45) is 1.33. The lowest BCUT2D eigenvalue weighted by molar-refractivity contribution is -0.142. The number of rotatable bonds is 5. The van der Waals surface area contributed by atoms with E-state index in [0.29, 0.717) is 12.5 Å². The molecule has 2 atom stereocenters. The second-order valence-electron chi connectivity index (χ2n) is 7.59. The lowest BCUT2D eigenvalue weighted by Crippen LogP contribution is -2.47. The molecular formula is C16H31NO4. The third-order valence-corrected chi connectivity index (χ3v) is 3.24. The Bertz CT molecular complexity index is 347. The number of hydrogen-bond donors (Lipinski definition) is 1. The predicted molar refractivity (Wildman–Crippen MR) is 82.1 cm³/mol. The van der Waals surface area contributed by atoms with E-state index in [-0.39, 0.29) is 12.1 Å². The van der Waals surface area contributed by atoms with Gasteiger partial charge in [-0.25, -0.2) is 4.79 Å². The first-order chi connectivity index (χ1) is 9.48. The molecule has 5 heteroatoms. The SMILES string of the molecule is CC(C)CC[C@@H](NC(=O)OC(C)(C)C)[C@@H]1COC(C)(C)O1. The molecule has 21 heavy (non-hydrogen) atoms. The van der Waals surface area contributed by atoms with Crippen LogP contribution in [-0.2, 0) is 14.2 Å². The summed E-state index contributed by atoms with van der Waals surface area (Å²) in [5.41, 5.74) is -0.501. The lowest BCUT2D eigenvalue weighted by atomic mass is 10.00. The Morgan fingerprint density at radius 1 is 1.33 bits per heavy atom. The first kappa shape index (κ1) is 18.2. The number of amides is 1. The van der Waals surface area contributed by atoms with Crippen molar-refractivity contribution in [3.05, 3.63) is 0 Å². The monoisotopic (exact) mass is 301 g/mol. The third-order valence-electron chi connectivity index (χ3n) is 3.24. The molecule has 124 valence electrons. The van der Waals surface area contributed by atoms with E-state index in [4.69, 9.17) is 14.2 Å². The van der Waals surface area contributed by atoms with Crippen LogP contribution in [0, 0.1) is 5.92 Å². The van der Waals surface area contributed by atoms with Crippen LogP contribution >= 0.6 is 0 Å². The number of ether oxygens (including phenoxy) is 3. The Morgan fingerprint density at radius 2 is 1.95 bits per heavy atom. The first-order valence-corrected chi connectivity index (χ1v) is 7.80. The van der Waals surface area contributed by atoms with E-state index >= 15 is 0 Å². The Kier molecular flexibility index (Phi) is 6.05. The van der Waals surface area contributed by atoms with Crippen molar-refractivity contribution in [1.82, 2.24) is 5.32 Å². The van der Waals surface area contributed by atoms with Crippen molar-refractivity contribution in [2.24, 2.45) is 5.92 Å². The van der Waals surface area contributed by atoms with Crippen LogP contribution in [0.5, 0.6) is 0 Å². The van der Waals surface area contributed by atoms with Crippen LogP contribution in [0.3, 0.4) is 0 Å². The van der Waals surface area contributed by atoms with Gasteiger partial charge in [0.05, 0.1) is 12.6 Å². The van der Waals surface area contributed by atoms with Crippen molar-refractivity contribution in [1.29, 1.82) is 0 Å². The predicted octanol–water partition coefficient (Wildman–Crippen LogP) is 3.47. The highest BCUT2D eigenvalue weighted by atomic mass is 16.7. The van der Waals surface area contributed by atoms with Gasteiger partial charge in [0.15, 0.2) is 5.79 Å². The molecule has 0 bridgehead atoms. The quantitative estimate of drug-likeness (QED) is 0.845. The van der Waals surface area contributed by atoms with Gasteiger partial charge < -0.3 is 19.5 Å². The summed E-state index contributed by atoms with van der Waals surface area (Å²) in [6.45, 7) is 14.2. The van der Waals surface area contributed by atoms with Crippen molar-refractivity contribution in [2.45, 2.75) is 84.8 Å². The average Bonchev–Trinajstić information content (AvgIpc) is 2.62. The zero-order valence-electron chi connectivity index (χ0n) is 14.5. The van der Waals surface area contributed by atoms with Gasteiger partial charge in [0.2, 0.25) is 0 Å². The summed E-state index contributed by atoms with van der Waals surface area (Å²) in [6, 6.07) is -0.0935. The molecule has 1 fully saturated rings. The normalized spacial score (nSPS) is 23.1. The average molecular weight is 301 g/mol. The number of alkyl carbamates (subject to hydrolysis) is 1. The Balaban J connectivity index is 2.62. The summed E-state index contributed by atoms with van der Waals surface area (Å²) >= 11 is 0. The molecule has 1 N–H and O–H groups in total. The van der Waals surface area contributed by atoms with Crippen molar-refractivity contribution in [2.75, 3.05) is 6.61 Å². The highest BCUT2D eigenvalue weighted by Crippen LogP contribution is 2.26. The van der Waals surface area contributed by atoms with Gasteiger partial charge in [0.1, 0.15) is 11.7 Å². The molecule has 1 amide bonds. The van der Waals surface area contributed by atoms with Gasteiger partial charge in [0, 0.05) is 0 Å². The van der Waals surface area contributed by atoms with Crippen LogP contribution in [0.15, 0.2) is 0 Å². The second-order valence-corrected chi connectivity index (χ2v) is 7.59. The maximum absolute atomic E-state index is 12.0. The van der Waals surface area contributed by atoms with Crippen LogP contribution in [-0.4, -0.2) is 36.2 Å². The molecule has 5 nitrogen and oxygen atoms in total. The minimum absolute atomic E-state index is 0.0935. The summed E-state index contributed by atoms with van der Waals surface area (Å²) in [4.78, 5) is 12.0. The van der Waals surface area contributed by atoms with Gasteiger partial charge in [-0.05, 0) is 53.4 Å². The molecule has 0 aromatic rings. The van der Waals surface area contributed by atoms with Crippen molar-refractivity contribution < 1.29 is 19.0 Å². The van der Waals surface area contributed by atoms with Crippen molar-refractivity contribution >= 4 is 6.09 Å². The lowest BCUT2D eigenvalue weighted by Gasteiger charge is -2.27. The van der Waals surface area contributed by atoms with E-state index in [9.17, 15) is 4.79 Å². The summed E-state index contributed by atoms with van der Waals surface area (Å²) < 4.78 is 16.8. The molecule has 1 aliphatic rings. The maximum atomic E-state index is 12.0. The Labute approximate surface area is 128 Å². The molecule has 1 rings (SSSR count). The molecule has 0 radical (unpaired) electrons. The van der Waals surface area contributed by atoms with Gasteiger partial charge in [-0.3, -0.25) is 0 Å². The number of hydrogen-bond acceptors (Lipinski definition) is 4. The van der Waals surface area contributed by atoms with Gasteiger partial charge in [-0.1, -0.05) is 13.8 Å². The van der Waals surface area contributed by atoms with Gasteiger partial charge in [0.25, 0.3) is 0 Å². The van der Waals surface area contributed by atoms with E-state index in [1.54, 1.807) is 0 Å². The molecule has 0 aliphatic carbocycles. The van der Waals surface area contributed by atoms with Gasteiger partial charge in [-0.15, -0.1) is 0 Å². The zero-order chi connectivity index (χ0) is 16.3. The van der Waals surface area contributed by atoms with Crippen LogP contribution < -0.4 is 5.32 Å². The topological polar surface area (TPSA) is 56.8 Å². The number of carbonyl (C=O) groups is 1. The minimum atomic E-state index is -0.587. The van der Waals surface area contributed by atoms with Crippen molar-refractivity contribution in [3.8, 4) is 0 Å². The van der Waals surface area contributed by atoms with E-state index in [1.807, 2.05) is 34.6 Å². The minimum Gasteiger partial charge on any atom is -0.444 e. The fourth-order valence-corrected chi connectivity index (χ4v) is 2.24. The molecule has 1 saturated heterocycles. The van der Waals surface area contributed by atoms with Crippen LogP contribution in [0.25, 0.3) is 0 Å². The molecule has 0 aromatic carbocycles. The molecule has 0 aromatic heterocycles. The van der Waals surface area contributed by atoms with E-state index in [1.165, 1.54) is 0 Å². The highest BCUT2D eigenvalue weighted by molar-refractivity contribution is 5.68. The van der Waals surface area contributed by atoms with Crippen LogP contribution in [0.4, 0.5) is 4.79 Å². The number of carbonyl (C=O) groups excluding carboxylic acids is 1. The third kappa shape index (κ3) is 7.14. The fourth-order valence-electron chi connectivity index (χ4n) is 2.24. The van der Waals surface area contributed by atoms with E-state index < -0.39 is 17.5 Å². The van der Waals surface area contributed by atoms with Crippen LogP contribution in [0.2, 0.25) is 0 Å². The summed E-state index contributed by atoms with van der Waals surface area (Å²) in [5.74, 6) is -0.0145. The molecule has 1 aliphatic heterocycles. The van der Waals surface area contributed by atoms with Crippen molar-refractivity contribution in [3.63, 3.8) is 0 Å². The fraction of sp³-hybridized carbons (Fsp3) is 0.938. The molecule has 0 spiro atoms. The summed E-state index contributed by atoms with van der Waals surface area (Å²) in [7, 11) is 0. The molecule has 0 saturated carbocycles. The van der Waals surface area contributed by atoms with Crippen LogP contribution in [0.1, 0.15) is 61.3 Å². The standard InChI is InChI=1S/C16H31NO4/c1-11(2)8-9-12(13-10-19-16(6,7)20-13)17-14(18)21-15(3,4)5/h11-13H,8-10H2,1-7H3,(H,17,18)/t12-,13+/m1/s1. The maximum Gasteiger partial charge on any atom is 0.407 e.